The molecule has 0 aliphatic rings. The minimum absolute atomic E-state index is 0.279. The SMILES string of the molecule is Cc1ccccc1NS(=O)(=O)c1cc(-c2sc(NC(C)C(C)C)nc2C)ccc1C. The summed E-state index contributed by atoms with van der Waals surface area (Å²) in [5.74, 6) is 0.487. The number of hydrogen-bond donors (Lipinski definition) is 2. The molecule has 0 saturated heterocycles. The van der Waals surface area contributed by atoms with Crippen LogP contribution in [0.2, 0.25) is 0 Å². The minimum atomic E-state index is -3.71. The highest BCUT2D eigenvalue weighted by Gasteiger charge is 2.20. The van der Waals surface area contributed by atoms with Crippen molar-refractivity contribution in [1.29, 1.82) is 0 Å². The number of rotatable bonds is 7. The van der Waals surface area contributed by atoms with Crippen LogP contribution in [0, 0.1) is 26.7 Å². The van der Waals surface area contributed by atoms with E-state index in [0.29, 0.717) is 23.2 Å². The summed E-state index contributed by atoms with van der Waals surface area (Å²) in [4.78, 5) is 5.90. The maximum atomic E-state index is 13.1. The van der Waals surface area contributed by atoms with Gasteiger partial charge >= 0.3 is 0 Å². The normalized spacial score (nSPS) is 12.8. The van der Waals surface area contributed by atoms with Gasteiger partial charge in [-0.3, -0.25) is 4.72 Å². The molecule has 0 spiro atoms. The Morgan fingerprint density at radius 1 is 0.967 bits per heavy atom. The molecule has 1 unspecified atom stereocenters. The van der Waals surface area contributed by atoms with Gasteiger partial charge in [0.15, 0.2) is 5.13 Å². The lowest BCUT2D eigenvalue weighted by Gasteiger charge is -2.16. The van der Waals surface area contributed by atoms with Crippen molar-refractivity contribution >= 4 is 32.2 Å². The van der Waals surface area contributed by atoms with E-state index >= 15 is 0 Å². The Hall–Kier alpha value is -2.38. The van der Waals surface area contributed by atoms with Gasteiger partial charge in [0.05, 0.1) is 21.2 Å². The van der Waals surface area contributed by atoms with Crippen molar-refractivity contribution in [2.45, 2.75) is 52.5 Å². The largest absolute Gasteiger partial charge is 0.359 e. The molecule has 3 rings (SSSR count). The monoisotopic (exact) mass is 443 g/mol. The van der Waals surface area contributed by atoms with Crippen LogP contribution in [-0.2, 0) is 10.0 Å². The molecule has 0 saturated carbocycles. The molecule has 30 heavy (non-hydrogen) atoms. The van der Waals surface area contributed by atoms with Crippen LogP contribution in [0.15, 0.2) is 47.4 Å². The molecule has 2 aromatic carbocycles. The molecule has 0 fully saturated rings. The molecule has 1 heterocycles. The minimum Gasteiger partial charge on any atom is -0.359 e. The molecular weight excluding hydrogens is 414 g/mol. The maximum absolute atomic E-state index is 13.1. The lowest BCUT2D eigenvalue weighted by Crippen LogP contribution is -2.21. The zero-order valence-electron chi connectivity index (χ0n) is 18.3. The van der Waals surface area contributed by atoms with Crippen molar-refractivity contribution in [3.05, 3.63) is 59.3 Å². The number of thiazole rings is 1. The van der Waals surface area contributed by atoms with E-state index in [1.165, 1.54) is 0 Å². The fourth-order valence-electron chi connectivity index (χ4n) is 3.01. The Bertz CT molecular complexity index is 1150. The fourth-order valence-corrected chi connectivity index (χ4v) is 5.47. The summed E-state index contributed by atoms with van der Waals surface area (Å²) < 4.78 is 29.0. The fraction of sp³-hybridized carbons (Fsp3) is 0.348. The quantitative estimate of drug-likeness (QED) is 0.470. The lowest BCUT2D eigenvalue weighted by atomic mass is 10.1. The van der Waals surface area contributed by atoms with E-state index in [9.17, 15) is 8.42 Å². The van der Waals surface area contributed by atoms with Gasteiger partial charge in [-0.15, -0.1) is 0 Å². The second kappa shape index (κ2) is 8.78. The third-order valence-electron chi connectivity index (χ3n) is 5.28. The average molecular weight is 444 g/mol. The zero-order chi connectivity index (χ0) is 22.1. The summed E-state index contributed by atoms with van der Waals surface area (Å²) in [6.45, 7) is 12.1. The smallest absolute Gasteiger partial charge is 0.262 e. The highest BCUT2D eigenvalue weighted by Crippen LogP contribution is 2.35. The van der Waals surface area contributed by atoms with Gasteiger partial charge in [0, 0.05) is 6.04 Å². The summed E-state index contributed by atoms with van der Waals surface area (Å²) in [6, 6.07) is 13.2. The predicted octanol–water partition coefficient (Wildman–Crippen LogP) is 5.99. The number of nitrogens with one attached hydrogen (secondary N) is 2. The Balaban J connectivity index is 1.96. The molecule has 0 amide bonds. The number of hydrogen-bond acceptors (Lipinski definition) is 5. The van der Waals surface area contributed by atoms with Gasteiger partial charge in [-0.2, -0.15) is 0 Å². The number of para-hydroxylation sites is 1. The first kappa shape index (κ1) is 22.3. The van der Waals surface area contributed by atoms with Gasteiger partial charge in [0.25, 0.3) is 10.0 Å². The summed E-state index contributed by atoms with van der Waals surface area (Å²) in [6.07, 6.45) is 0. The average Bonchev–Trinajstić information content (AvgIpc) is 3.03. The number of benzene rings is 2. The Kier molecular flexibility index (Phi) is 6.53. The van der Waals surface area contributed by atoms with Crippen LogP contribution in [0.1, 0.15) is 37.6 Å². The highest BCUT2D eigenvalue weighted by atomic mass is 32.2. The van der Waals surface area contributed by atoms with Crippen LogP contribution < -0.4 is 10.0 Å². The Morgan fingerprint density at radius 3 is 2.33 bits per heavy atom. The third-order valence-corrected chi connectivity index (χ3v) is 7.92. The van der Waals surface area contributed by atoms with Crippen LogP contribution in [0.3, 0.4) is 0 Å². The Morgan fingerprint density at radius 2 is 1.67 bits per heavy atom. The van der Waals surface area contributed by atoms with Gasteiger partial charge in [-0.1, -0.05) is 55.5 Å². The molecule has 2 N–H and O–H groups in total. The molecule has 0 aliphatic carbocycles. The molecule has 0 radical (unpaired) electrons. The van der Waals surface area contributed by atoms with Crippen molar-refractivity contribution in [1.82, 2.24) is 4.98 Å². The molecule has 0 aliphatic heterocycles. The van der Waals surface area contributed by atoms with Gasteiger partial charge in [0.2, 0.25) is 0 Å². The summed E-state index contributed by atoms with van der Waals surface area (Å²) in [7, 11) is -3.71. The molecule has 5 nitrogen and oxygen atoms in total. The number of sulfonamides is 1. The van der Waals surface area contributed by atoms with Crippen LogP contribution in [0.5, 0.6) is 0 Å². The van der Waals surface area contributed by atoms with E-state index in [0.717, 1.165) is 26.8 Å². The van der Waals surface area contributed by atoms with Crippen LogP contribution in [0.4, 0.5) is 10.8 Å². The molecule has 1 aromatic heterocycles. The highest BCUT2D eigenvalue weighted by molar-refractivity contribution is 7.92. The topological polar surface area (TPSA) is 71.1 Å². The molecule has 0 bridgehead atoms. The summed E-state index contributed by atoms with van der Waals surface area (Å²) >= 11 is 1.55. The number of aryl methyl sites for hydroxylation is 3. The summed E-state index contributed by atoms with van der Waals surface area (Å²) in [5, 5.41) is 4.30. The molecule has 1 atom stereocenters. The summed E-state index contributed by atoms with van der Waals surface area (Å²) in [5.41, 5.74) is 3.91. The molecular formula is C23H29N3O2S2. The Labute approximate surface area is 183 Å². The lowest BCUT2D eigenvalue weighted by molar-refractivity contribution is 0.559. The van der Waals surface area contributed by atoms with Crippen LogP contribution >= 0.6 is 11.3 Å². The van der Waals surface area contributed by atoms with Gasteiger partial charge in [-0.25, -0.2) is 13.4 Å². The number of anilines is 2. The van der Waals surface area contributed by atoms with E-state index in [2.05, 4.69) is 35.8 Å². The number of aromatic nitrogens is 1. The van der Waals surface area contributed by atoms with E-state index in [1.807, 2.05) is 51.1 Å². The second-order valence-corrected chi connectivity index (χ2v) is 10.7. The van der Waals surface area contributed by atoms with Gasteiger partial charge < -0.3 is 5.32 Å². The van der Waals surface area contributed by atoms with E-state index in [1.54, 1.807) is 23.5 Å². The van der Waals surface area contributed by atoms with Crippen molar-refractivity contribution < 1.29 is 8.42 Å². The molecule has 7 heteroatoms. The van der Waals surface area contributed by atoms with Crippen molar-refractivity contribution in [3.8, 4) is 10.4 Å². The standard InChI is InChI=1S/C23H29N3O2S2/c1-14(2)17(5)24-23-25-18(6)22(29-23)19-12-11-16(4)21(13-19)30(27,28)26-20-10-8-7-9-15(20)3/h7-14,17,26H,1-6H3,(H,24,25). The first-order valence-electron chi connectivity index (χ1n) is 10.0. The van der Waals surface area contributed by atoms with Crippen molar-refractivity contribution in [2.75, 3.05) is 10.0 Å². The van der Waals surface area contributed by atoms with Gasteiger partial charge in [-0.05, 0) is 62.4 Å². The first-order valence-corrected chi connectivity index (χ1v) is 12.3. The van der Waals surface area contributed by atoms with E-state index < -0.39 is 10.0 Å². The van der Waals surface area contributed by atoms with E-state index in [-0.39, 0.29) is 4.90 Å². The third kappa shape index (κ3) is 4.84. The second-order valence-electron chi connectivity index (χ2n) is 8.01. The zero-order valence-corrected chi connectivity index (χ0v) is 19.9. The van der Waals surface area contributed by atoms with Gasteiger partial charge in [0.1, 0.15) is 0 Å². The van der Waals surface area contributed by atoms with Crippen molar-refractivity contribution in [3.63, 3.8) is 0 Å². The van der Waals surface area contributed by atoms with Crippen LogP contribution in [-0.4, -0.2) is 19.4 Å². The molecule has 160 valence electrons. The number of nitrogens with zero attached hydrogens (tertiary/aromatic N) is 1. The van der Waals surface area contributed by atoms with E-state index in [4.69, 9.17) is 0 Å². The van der Waals surface area contributed by atoms with Crippen LogP contribution in [0.25, 0.3) is 10.4 Å². The maximum Gasteiger partial charge on any atom is 0.262 e. The van der Waals surface area contributed by atoms with Crippen molar-refractivity contribution in [2.24, 2.45) is 5.92 Å². The first-order chi connectivity index (χ1) is 14.1. The predicted molar refractivity (Wildman–Crippen MR) is 127 cm³/mol. The molecule has 3 aromatic rings.